The van der Waals surface area contributed by atoms with Gasteiger partial charge in [-0.25, -0.2) is 9.78 Å². The van der Waals surface area contributed by atoms with Gasteiger partial charge in [0.1, 0.15) is 0 Å². The van der Waals surface area contributed by atoms with Crippen LogP contribution >= 0.6 is 22.9 Å². The minimum absolute atomic E-state index is 0.0168. The van der Waals surface area contributed by atoms with Crippen molar-refractivity contribution in [2.45, 2.75) is 38.6 Å². The van der Waals surface area contributed by atoms with E-state index < -0.39 is 5.97 Å². The van der Waals surface area contributed by atoms with Crippen molar-refractivity contribution in [2.24, 2.45) is 5.92 Å². The molecule has 1 aromatic heterocycles. The summed E-state index contributed by atoms with van der Waals surface area (Å²) in [6.45, 7) is 2.16. The molecule has 3 rings (SSSR count). The lowest BCUT2D eigenvalue weighted by atomic mass is 10.0. The summed E-state index contributed by atoms with van der Waals surface area (Å²) in [5.41, 5.74) is 1.14. The number of carbonyl (C=O) groups excluding carboxylic acids is 2. The molecular weight excluding hydrogens is 372 g/mol. The van der Waals surface area contributed by atoms with Gasteiger partial charge in [0, 0.05) is 16.4 Å². The number of amides is 1. The predicted molar refractivity (Wildman–Crippen MR) is 103 cm³/mol. The van der Waals surface area contributed by atoms with Crippen LogP contribution in [0.15, 0.2) is 29.6 Å². The molecule has 0 N–H and O–H groups in total. The normalized spacial score (nSPS) is 19.3. The third-order valence-corrected chi connectivity index (χ3v) is 5.87. The Balaban J connectivity index is 1.87. The molecule has 0 saturated heterocycles. The van der Waals surface area contributed by atoms with Gasteiger partial charge >= 0.3 is 5.97 Å². The number of esters is 1. The molecule has 5 nitrogen and oxygen atoms in total. The van der Waals surface area contributed by atoms with Crippen molar-refractivity contribution in [2.75, 3.05) is 12.0 Å². The zero-order valence-electron chi connectivity index (χ0n) is 14.8. The molecule has 0 bridgehead atoms. The van der Waals surface area contributed by atoms with E-state index in [9.17, 15) is 9.59 Å². The van der Waals surface area contributed by atoms with Gasteiger partial charge in [-0.1, -0.05) is 37.1 Å². The first-order valence-electron chi connectivity index (χ1n) is 8.60. The number of methoxy groups -OCH3 is 1. The standard InChI is InChI=1S/C19H21ClN2O3S/c1-12-4-3-5-16(12)22(19-21-15(11-26-19)18(24)25-2)17(23)10-13-6-8-14(20)9-7-13/h6-9,11-12,16H,3-5,10H2,1-2H3. The fourth-order valence-electron chi connectivity index (χ4n) is 3.38. The number of halogens is 1. The molecule has 2 unspecified atom stereocenters. The largest absolute Gasteiger partial charge is 0.464 e. The summed E-state index contributed by atoms with van der Waals surface area (Å²) in [5, 5.41) is 2.84. The lowest BCUT2D eigenvalue weighted by molar-refractivity contribution is -0.118. The van der Waals surface area contributed by atoms with Crippen LogP contribution in [0.1, 0.15) is 42.2 Å². The average Bonchev–Trinajstić information content (AvgIpc) is 3.27. The molecule has 1 aliphatic carbocycles. The number of rotatable bonds is 5. The van der Waals surface area contributed by atoms with E-state index in [4.69, 9.17) is 16.3 Å². The summed E-state index contributed by atoms with van der Waals surface area (Å²) in [7, 11) is 1.32. The molecular formula is C19H21ClN2O3S. The number of aromatic nitrogens is 1. The highest BCUT2D eigenvalue weighted by Crippen LogP contribution is 2.35. The van der Waals surface area contributed by atoms with Gasteiger partial charge in [-0.05, 0) is 36.5 Å². The van der Waals surface area contributed by atoms with Crippen molar-refractivity contribution < 1.29 is 14.3 Å². The molecule has 1 amide bonds. The van der Waals surface area contributed by atoms with Crippen LogP contribution in [-0.4, -0.2) is 30.0 Å². The van der Waals surface area contributed by atoms with E-state index in [1.807, 2.05) is 12.1 Å². The molecule has 1 fully saturated rings. The van der Waals surface area contributed by atoms with Crippen molar-refractivity contribution in [1.82, 2.24) is 4.98 Å². The van der Waals surface area contributed by atoms with Gasteiger partial charge < -0.3 is 4.74 Å². The van der Waals surface area contributed by atoms with Crippen molar-refractivity contribution >= 4 is 39.9 Å². The van der Waals surface area contributed by atoms with E-state index in [-0.39, 0.29) is 24.1 Å². The summed E-state index contributed by atoms with van der Waals surface area (Å²) in [6.07, 6.45) is 3.39. The van der Waals surface area contributed by atoms with Crippen molar-refractivity contribution in [1.29, 1.82) is 0 Å². The number of nitrogens with zero attached hydrogens (tertiary/aromatic N) is 2. The van der Waals surface area contributed by atoms with Gasteiger partial charge in [0.05, 0.1) is 13.5 Å². The van der Waals surface area contributed by atoms with Crippen LogP contribution < -0.4 is 4.90 Å². The first kappa shape index (κ1) is 18.9. The van der Waals surface area contributed by atoms with E-state index >= 15 is 0 Å². The van der Waals surface area contributed by atoms with Gasteiger partial charge in [0.25, 0.3) is 0 Å². The van der Waals surface area contributed by atoms with Crippen molar-refractivity contribution in [3.8, 4) is 0 Å². The minimum Gasteiger partial charge on any atom is -0.464 e. The maximum atomic E-state index is 13.1. The van der Waals surface area contributed by atoms with Gasteiger partial charge in [-0.15, -0.1) is 11.3 Å². The van der Waals surface area contributed by atoms with Crippen molar-refractivity contribution in [3.63, 3.8) is 0 Å². The summed E-state index contributed by atoms with van der Waals surface area (Å²) in [4.78, 5) is 31.0. The number of anilines is 1. The Hall–Kier alpha value is -1.92. The number of hydrogen-bond donors (Lipinski definition) is 0. The van der Waals surface area contributed by atoms with E-state index in [2.05, 4.69) is 11.9 Å². The molecule has 1 saturated carbocycles. The Morgan fingerprint density at radius 2 is 2.04 bits per heavy atom. The molecule has 1 aromatic carbocycles. The van der Waals surface area contributed by atoms with Crippen LogP contribution in [0.3, 0.4) is 0 Å². The number of benzene rings is 1. The molecule has 0 spiro atoms. The van der Waals surface area contributed by atoms with E-state index in [1.165, 1.54) is 18.4 Å². The van der Waals surface area contributed by atoms with Crippen LogP contribution in [0.25, 0.3) is 0 Å². The highest BCUT2D eigenvalue weighted by molar-refractivity contribution is 7.14. The second-order valence-corrected chi connectivity index (χ2v) is 7.82. The van der Waals surface area contributed by atoms with E-state index in [1.54, 1.807) is 22.4 Å². The predicted octanol–water partition coefficient (Wildman–Crippen LogP) is 4.35. The molecule has 2 atom stereocenters. The Morgan fingerprint density at radius 3 is 2.65 bits per heavy atom. The first-order chi connectivity index (χ1) is 12.5. The second-order valence-electron chi connectivity index (χ2n) is 6.55. The van der Waals surface area contributed by atoms with Crippen LogP contribution in [0.4, 0.5) is 5.13 Å². The summed E-state index contributed by atoms with van der Waals surface area (Å²) in [5.74, 6) is -0.108. The lowest BCUT2D eigenvalue weighted by Gasteiger charge is -2.30. The quantitative estimate of drug-likeness (QED) is 0.710. The molecule has 0 aliphatic heterocycles. The Morgan fingerprint density at radius 1 is 1.31 bits per heavy atom. The van der Waals surface area contributed by atoms with Gasteiger partial charge in [-0.3, -0.25) is 9.69 Å². The molecule has 1 aliphatic rings. The molecule has 2 aromatic rings. The first-order valence-corrected chi connectivity index (χ1v) is 9.85. The van der Waals surface area contributed by atoms with Crippen LogP contribution in [0.5, 0.6) is 0 Å². The summed E-state index contributed by atoms with van der Waals surface area (Å²) < 4.78 is 4.73. The van der Waals surface area contributed by atoms with E-state index in [0.717, 1.165) is 24.8 Å². The Kier molecular flexibility index (Phi) is 5.94. The molecule has 26 heavy (non-hydrogen) atoms. The molecule has 138 valence electrons. The van der Waals surface area contributed by atoms with Gasteiger partial charge in [0.2, 0.25) is 5.91 Å². The highest BCUT2D eigenvalue weighted by atomic mass is 35.5. The van der Waals surface area contributed by atoms with Crippen LogP contribution in [0, 0.1) is 5.92 Å². The van der Waals surface area contributed by atoms with Crippen LogP contribution in [0.2, 0.25) is 5.02 Å². The number of hydrogen-bond acceptors (Lipinski definition) is 5. The zero-order valence-corrected chi connectivity index (χ0v) is 16.3. The summed E-state index contributed by atoms with van der Waals surface area (Å²) in [6, 6.07) is 7.39. The minimum atomic E-state index is -0.489. The van der Waals surface area contributed by atoms with Crippen LogP contribution in [-0.2, 0) is 16.0 Å². The Bertz CT molecular complexity index is 790. The van der Waals surface area contributed by atoms with Crippen molar-refractivity contribution in [3.05, 3.63) is 45.9 Å². The monoisotopic (exact) mass is 392 g/mol. The smallest absolute Gasteiger partial charge is 0.357 e. The third-order valence-electron chi connectivity index (χ3n) is 4.78. The average molecular weight is 393 g/mol. The zero-order chi connectivity index (χ0) is 18.7. The number of carbonyl (C=O) groups is 2. The van der Waals surface area contributed by atoms with Gasteiger partial charge in [-0.2, -0.15) is 0 Å². The molecule has 0 radical (unpaired) electrons. The fraction of sp³-hybridized carbons (Fsp3) is 0.421. The highest BCUT2D eigenvalue weighted by Gasteiger charge is 2.35. The topological polar surface area (TPSA) is 59.5 Å². The SMILES string of the molecule is COC(=O)c1csc(N(C(=O)Cc2ccc(Cl)cc2)C2CCCC2C)n1. The maximum Gasteiger partial charge on any atom is 0.357 e. The fourth-order valence-corrected chi connectivity index (χ4v) is 4.37. The molecule has 1 heterocycles. The lowest BCUT2D eigenvalue weighted by Crippen LogP contribution is -2.43. The number of ether oxygens (including phenoxy) is 1. The van der Waals surface area contributed by atoms with E-state index in [0.29, 0.717) is 16.1 Å². The maximum absolute atomic E-state index is 13.1. The second kappa shape index (κ2) is 8.18. The Labute approximate surface area is 161 Å². The molecule has 7 heteroatoms. The number of thiazole rings is 1. The summed E-state index contributed by atoms with van der Waals surface area (Å²) >= 11 is 7.23. The van der Waals surface area contributed by atoms with Gasteiger partial charge in [0.15, 0.2) is 10.8 Å². The third kappa shape index (κ3) is 4.07.